The Bertz CT molecular complexity index is 560. The molecule has 0 amide bonds. The van der Waals surface area contributed by atoms with Crippen LogP contribution in [0.1, 0.15) is 5.82 Å². The van der Waals surface area contributed by atoms with Crippen molar-refractivity contribution in [2.45, 2.75) is 6.61 Å². The van der Waals surface area contributed by atoms with Crippen molar-refractivity contribution < 1.29 is 9.13 Å². The van der Waals surface area contributed by atoms with Crippen molar-refractivity contribution in [3.8, 4) is 5.75 Å². The first kappa shape index (κ1) is 12.3. The normalized spacial score (nSPS) is 10.3. The Kier molecular flexibility index (Phi) is 3.42. The van der Waals surface area contributed by atoms with Crippen molar-refractivity contribution in [3.05, 3.63) is 34.9 Å². The average Bonchev–Trinajstić information content (AvgIpc) is 2.26. The van der Waals surface area contributed by atoms with Gasteiger partial charge in [0.15, 0.2) is 5.82 Å². The van der Waals surface area contributed by atoms with Gasteiger partial charge in [-0.2, -0.15) is 15.0 Å². The second-order valence-corrected chi connectivity index (χ2v) is 3.74. The van der Waals surface area contributed by atoms with Gasteiger partial charge < -0.3 is 16.2 Å². The molecule has 0 atom stereocenters. The Labute approximate surface area is 107 Å². The van der Waals surface area contributed by atoms with Gasteiger partial charge in [-0.05, 0) is 18.2 Å². The molecule has 1 heterocycles. The number of hydrogen-bond donors (Lipinski definition) is 2. The fourth-order valence-corrected chi connectivity index (χ4v) is 1.48. The van der Waals surface area contributed by atoms with E-state index >= 15 is 0 Å². The molecule has 4 N–H and O–H groups in total. The maximum Gasteiger partial charge on any atom is 0.225 e. The number of halogens is 2. The summed E-state index contributed by atoms with van der Waals surface area (Å²) in [6.07, 6.45) is 0. The van der Waals surface area contributed by atoms with E-state index in [0.29, 0.717) is 5.75 Å². The minimum Gasteiger partial charge on any atom is -0.484 e. The summed E-state index contributed by atoms with van der Waals surface area (Å²) in [5.74, 6) is 0.148. The van der Waals surface area contributed by atoms with Crippen LogP contribution in [0.3, 0.4) is 0 Å². The summed E-state index contributed by atoms with van der Waals surface area (Å²) in [6, 6.07) is 3.79. The lowest BCUT2D eigenvalue weighted by Gasteiger charge is -2.07. The zero-order valence-electron chi connectivity index (χ0n) is 9.10. The number of nitrogens with zero attached hydrogens (tertiary/aromatic N) is 3. The molecule has 2 rings (SSSR count). The maximum atomic E-state index is 12.8. The molecule has 2 aromatic rings. The van der Waals surface area contributed by atoms with Crippen LogP contribution in [0.15, 0.2) is 18.2 Å². The third kappa shape index (κ3) is 2.95. The molecule has 1 aromatic carbocycles. The third-order valence-corrected chi connectivity index (χ3v) is 2.26. The highest BCUT2D eigenvalue weighted by molar-refractivity contribution is 6.32. The van der Waals surface area contributed by atoms with Gasteiger partial charge in [0.2, 0.25) is 11.9 Å². The van der Waals surface area contributed by atoms with E-state index in [1.54, 1.807) is 0 Å². The number of anilines is 2. The summed E-state index contributed by atoms with van der Waals surface area (Å²) in [5.41, 5.74) is 10.8. The molecule has 6 nitrogen and oxygen atoms in total. The molecule has 0 spiro atoms. The van der Waals surface area contributed by atoms with Gasteiger partial charge in [-0.15, -0.1) is 0 Å². The number of ether oxygens (including phenoxy) is 1. The van der Waals surface area contributed by atoms with Crippen LogP contribution in [0, 0.1) is 5.82 Å². The molecule has 0 unspecified atom stereocenters. The highest BCUT2D eigenvalue weighted by Crippen LogP contribution is 2.25. The quantitative estimate of drug-likeness (QED) is 0.874. The molecule has 94 valence electrons. The van der Waals surface area contributed by atoms with Gasteiger partial charge in [0.1, 0.15) is 18.2 Å². The Hall–Kier alpha value is -2.15. The molecular formula is C10H9ClFN5O. The van der Waals surface area contributed by atoms with Gasteiger partial charge in [0, 0.05) is 0 Å². The van der Waals surface area contributed by atoms with Gasteiger partial charge in [-0.25, -0.2) is 4.39 Å². The van der Waals surface area contributed by atoms with E-state index < -0.39 is 5.82 Å². The second kappa shape index (κ2) is 5.01. The highest BCUT2D eigenvalue weighted by Gasteiger charge is 2.06. The van der Waals surface area contributed by atoms with Crippen molar-refractivity contribution in [2.75, 3.05) is 11.5 Å². The first-order chi connectivity index (χ1) is 8.54. The third-order valence-electron chi connectivity index (χ3n) is 1.97. The molecular weight excluding hydrogens is 261 g/mol. The zero-order valence-corrected chi connectivity index (χ0v) is 9.86. The monoisotopic (exact) mass is 269 g/mol. The van der Waals surface area contributed by atoms with Crippen LogP contribution in [-0.2, 0) is 6.61 Å². The van der Waals surface area contributed by atoms with E-state index in [4.69, 9.17) is 27.8 Å². The highest BCUT2D eigenvalue weighted by atomic mass is 35.5. The molecule has 0 aliphatic carbocycles. The van der Waals surface area contributed by atoms with E-state index in [-0.39, 0.29) is 29.4 Å². The molecule has 0 saturated carbocycles. The van der Waals surface area contributed by atoms with E-state index in [1.165, 1.54) is 12.1 Å². The lowest BCUT2D eigenvalue weighted by molar-refractivity contribution is 0.295. The van der Waals surface area contributed by atoms with Crippen molar-refractivity contribution in [2.24, 2.45) is 0 Å². The number of aromatic nitrogens is 3. The Morgan fingerprint density at radius 1 is 1.17 bits per heavy atom. The van der Waals surface area contributed by atoms with Gasteiger partial charge in [-0.1, -0.05) is 11.6 Å². The van der Waals surface area contributed by atoms with Gasteiger partial charge in [0.05, 0.1) is 5.02 Å². The van der Waals surface area contributed by atoms with Crippen LogP contribution in [0.2, 0.25) is 5.02 Å². The van der Waals surface area contributed by atoms with E-state index in [2.05, 4.69) is 15.0 Å². The molecule has 0 aliphatic heterocycles. The van der Waals surface area contributed by atoms with Crippen LogP contribution < -0.4 is 16.2 Å². The average molecular weight is 270 g/mol. The predicted molar refractivity (Wildman–Crippen MR) is 64.4 cm³/mol. The molecule has 8 heteroatoms. The van der Waals surface area contributed by atoms with Crippen LogP contribution in [0.4, 0.5) is 16.3 Å². The standard InChI is InChI=1S/C10H9ClFN5O/c11-6-3-5(12)1-2-7(6)18-4-8-15-9(13)17-10(14)16-8/h1-3H,4H2,(H4,13,14,15,16,17). The predicted octanol–water partition coefficient (Wildman–Crippen LogP) is 1.41. The van der Waals surface area contributed by atoms with Crippen molar-refractivity contribution in [1.29, 1.82) is 0 Å². The van der Waals surface area contributed by atoms with Crippen LogP contribution in [-0.4, -0.2) is 15.0 Å². The number of nitrogen functional groups attached to an aromatic ring is 2. The first-order valence-corrected chi connectivity index (χ1v) is 5.26. The van der Waals surface area contributed by atoms with E-state index in [0.717, 1.165) is 6.07 Å². The number of nitrogens with two attached hydrogens (primary N) is 2. The molecule has 18 heavy (non-hydrogen) atoms. The van der Waals surface area contributed by atoms with Gasteiger partial charge in [0.25, 0.3) is 0 Å². The molecule has 0 radical (unpaired) electrons. The molecule has 0 bridgehead atoms. The van der Waals surface area contributed by atoms with Crippen LogP contribution in [0.5, 0.6) is 5.75 Å². The van der Waals surface area contributed by atoms with E-state index in [9.17, 15) is 4.39 Å². The first-order valence-electron chi connectivity index (χ1n) is 4.88. The molecule has 0 saturated heterocycles. The smallest absolute Gasteiger partial charge is 0.225 e. The fourth-order valence-electron chi connectivity index (χ4n) is 1.26. The van der Waals surface area contributed by atoms with Gasteiger partial charge in [-0.3, -0.25) is 0 Å². The summed E-state index contributed by atoms with van der Waals surface area (Å²) in [7, 11) is 0. The van der Waals surface area contributed by atoms with Crippen molar-refractivity contribution >= 4 is 23.5 Å². The largest absolute Gasteiger partial charge is 0.484 e. The lowest BCUT2D eigenvalue weighted by atomic mass is 10.3. The maximum absolute atomic E-state index is 12.8. The molecule has 1 aromatic heterocycles. The minimum absolute atomic E-state index is 0.00225. The van der Waals surface area contributed by atoms with Crippen molar-refractivity contribution in [1.82, 2.24) is 15.0 Å². The Morgan fingerprint density at radius 2 is 1.83 bits per heavy atom. The Balaban J connectivity index is 2.11. The molecule has 0 fully saturated rings. The summed E-state index contributed by atoms with van der Waals surface area (Å²) in [6.45, 7) is 0.00225. The fraction of sp³-hybridized carbons (Fsp3) is 0.100. The van der Waals surface area contributed by atoms with Crippen molar-refractivity contribution in [3.63, 3.8) is 0 Å². The SMILES string of the molecule is Nc1nc(N)nc(COc2ccc(F)cc2Cl)n1. The zero-order chi connectivity index (χ0) is 13.1. The summed E-state index contributed by atoms with van der Waals surface area (Å²) < 4.78 is 18.1. The van der Waals surface area contributed by atoms with Crippen LogP contribution in [0.25, 0.3) is 0 Å². The van der Waals surface area contributed by atoms with Crippen LogP contribution >= 0.6 is 11.6 Å². The minimum atomic E-state index is -0.444. The van der Waals surface area contributed by atoms with E-state index in [1.807, 2.05) is 0 Å². The number of rotatable bonds is 3. The topological polar surface area (TPSA) is 99.9 Å². The summed E-state index contributed by atoms with van der Waals surface area (Å²) in [4.78, 5) is 11.3. The Morgan fingerprint density at radius 3 is 2.44 bits per heavy atom. The number of hydrogen-bond acceptors (Lipinski definition) is 6. The van der Waals surface area contributed by atoms with Gasteiger partial charge >= 0.3 is 0 Å². The summed E-state index contributed by atoms with van der Waals surface area (Å²) in [5, 5.41) is 0.157. The number of benzene rings is 1. The molecule has 0 aliphatic rings. The second-order valence-electron chi connectivity index (χ2n) is 3.33. The lowest BCUT2D eigenvalue weighted by Crippen LogP contribution is -2.09. The summed E-state index contributed by atoms with van der Waals surface area (Å²) >= 11 is 5.79.